The number of aryl methyl sites for hydroxylation is 1. The molecule has 0 aliphatic heterocycles. The number of rotatable bonds is 3. The zero-order valence-electron chi connectivity index (χ0n) is 11.3. The van der Waals surface area contributed by atoms with Crippen molar-refractivity contribution in [1.82, 2.24) is 4.98 Å². The van der Waals surface area contributed by atoms with E-state index in [-0.39, 0.29) is 5.82 Å². The van der Waals surface area contributed by atoms with Crippen LogP contribution in [0.3, 0.4) is 0 Å². The molecular formula is C15H16FN3S. The molecule has 1 unspecified atom stereocenters. The first-order valence-electron chi connectivity index (χ1n) is 6.74. The van der Waals surface area contributed by atoms with Crippen LogP contribution < -0.4 is 5.43 Å². The second-order valence-electron chi connectivity index (χ2n) is 5.16. The van der Waals surface area contributed by atoms with Gasteiger partial charge in [-0.3, -0.25) is 5.43 Å². The van der Waals surface area contributed by atoms with Gasteiger partial charge < -0.3 is 0 Å². The lowest BCUT2D eigenvalue weighted by Gasteiger charge is -2.15. The van der Waals surface area contributed by atoms with Gasteiger partial charge in [0.25, 0.3) is 0 Å². The second kappa shape index (κ2) is 5.71. The summed E-state index contributed by atoms with van der Waals surface area (Å²) in [6.07, 6.45) is 5.07. The van der Waals surface area contributed by atoms with E-state index in [0.29, 0.717) is 0 Å². The summed E-state index contributed by atoms with van der Waals surface area (Å²) in [4.78, 5) is 5.94. The van der Waals surface area contributed by atoms with E-state index in [0.717, 1.165) is 29.5 Å². The van der Waals surface area contributed by atoms with Crippen LogP contribution in [0.1, 0.15) is 29.5 Å². The van der Waals surface area contributed by atoms with Crippen LogP contribution in [0.5, 0.6) is 0 Å². The van der Waals surface area contributed by atoms with Gasteiger partial charge in [-0.05, 0) is 42.9 Å². The summed E-state index contributed by atoms with van der Waals surface area (Å²) >= 11 is 1.68. The number of aromatic nitrogens is 1. The fraction of sp³-hybridized carbons (Fsp3) is 0.333. The smallest absolute Gasteiger partial charge is 0.203 e. The maximum absolute atomic E-state index is 12.8. The lowest BCUT2D eigenvalue weighted by molar-refractivity contribution is 0.502. The molecule has 1 heterocycles. The number of anilines is 1. The van der Waals surface area contributed by atoms with Crippen LogP contribution in [0.2, 0.25) is 0 Å². The van der Waals surface area contributed by atoms with E-state index in [2.05, 4.69) is 22.4 Å². The molecule has 104 valence electrons. The summed E-state index contributed by atoms with van der Waals surface area (Å²) in [7, 11) is 0. The number of hydrazone groups is 1. The van der Waals surface area contributed by atoms with Crippen molar-refractivity contribution in [1.29, 1.82) is 0 Å². The van der Waals surface area contributed by atoms with Gasteiger partial charge in [0.05, 0.1) is 11.9 Å². The van der Waals surface area contributed by atoms with Gasteiger partial charge in [-0.2, -0.15) is 5.10 Å². The highest BCUT2D eigenvalue weighted by Gasteiger charge is 2.19. The highest BCUT2D eigenvalue weighted by Crippen LogP contribution is 2.31. The minimum atomic E-state index is -0.239. The Balaban J connectivity index is 1.65. The average molecular weight is 289 g/mol. The summed E-state index contributed by atoms with van der Waals surface area (Å²) in [5.74, 6) is 0.510. The van der Waals surface area contributed by atoms with Crippen molar-refractivity contribution in [2.24, 2.45) is 11.0 Å². The summed E-state index contributed by atoms with van der Waals surface area (Å²) in [6.45, 7) is 2.28. The standard InChI is InChI=1S/C15H16FN3S/c1-10-2-7-13-14(8-10)20-15(18-13)19-17-9-11-3-5-12(16)6-4-11/h3-6,9-10H,2,7-8H2,1H3,(H,18,19)/b17-9-. The number of hydrogen-bond acceptors (Lipinski definition) is 4. The number of halogens is 1. The van der Waals surface area contributed by atoms with Crippen LogP contribution in [-0.2, 0) is 12.8 Å². The van der Waals surface area contributed by atoms with Gasteiger partial charge in [0.1, 0.15) is 5.82 Å². The maximum atomic E-state index is 12.8. The fourth-order valence-corrected chi connectivity index (χ4v) is 3.42. The molecule has 0 saturated carbocycles. The highest BCUT2D eigenvalue weighted by atomic mass is 32.1. The molecule has 1 aromatic carbocycles. The molecule has 2 aromatic rings. The van der Waals surface area contributed by atoms with E-state index in [9.17, 15) is 4.39 Å². The third-order valence-electron chi connectivity index (χ3n) is 3.43. The van der Waals surface area contributed by atoms with Crippen molar-refractivity contribution in [3.05, 3.63) is 46.2 Å². The first kappa shape index (κ1) is 13.2. The Labute approximate surface area is 121 Å². The molecule has 0 amide bonds. The largest absolute Gasteiger partial charge is 0.253 e. The molecule has 5 heteroatoms. The second-order valence-corrected chi connectivity index (χ2v) is 6.24. The quantitative estimate of drug-likeness (QED) is 0.688. The summed E-state index contributed by atoms with van der Waals surface area (Å²) in [5.41, 5.74) is 5.03. The Bertz CT molecular complexity index is 619. The summed E-state index contributed by atoms with van der Waals surface area (Å²) < 4.78 is 12.8. The Morgan fingerprint density at radius 3 is 3.00 bits per heavy atom. The molecular weight excluding hydrogens is 273 g/mol. The van der Waals surface area contributed by atoms with Gasteiger partial charge in [-0.1, -0.05) is 19.1 Å². The molecule has 0 spiro atoms. The van der Waals surface area contributed by atoms with Crippen molar-refractivity contribution < 1.29 is 4.39 Å². The number of fused-ring (bicyclic) bond motifs is 1. The molecule has 3 rings (SSSR count). The predicted octanol–water partition coefficient (Wildman–Crippen LogP) is 3.85. The number of hydrogen-bond donors (Lipinski definition) is 1. The van der Waals surface area contributed by atoms with Gasteiger partial charge in [0.15, 0.2) is 0 Å². The van der Waals surface area contributed by atoms with E-state index in [1.54, 1.807) is 29.7 Å². The fourth-order valence-electron chi connectivity index (χ4n) is 2.30. The van der Waals surface area contributed by atoms with Crippen LogP contribution in [0.25, 0.3) is 0 Å². The van der Waals surface area contributed by atoms with Crippen LogP contribution in [0, 0.1) is 11.7 Å². The van der Waals surface area contributed by atoms with Gasteiger partial charge in [0.2, 0.25) is 5.13 Å². The average Bonchev–Trinajstić information content (AvgIpc) is 2.83. The van der Waals surface area contributed by atoms with Crippen LogP contribution >= 0.6 is 11.3 Å². The minimum absolute atomic E-state index is 0.239. The van der Waals surface area contributed by atoms with Crippen molar-refractivity contribution >= 4 is 22.7 Å². The minimum Gasteiger partial charge on any atom is -0.253 e. The van der Waals surface area contributed by atoms with Gasteiger partial charge >= 0.3 is 0 Å². The molecule has 0 bridgehead atoms. The van der Waals surface area contributed by atoms with Crippen LogP contribution in [-0.4, -0.2) is 11.2 Å². The lowest BCUT2D eigenvalue weighted by atomic mass is 9.93. The third kappa shape index (κ3) is 3.04. The normalized spacial score (nSPS) is 18.2. The number of nitrogens with zero attached hydrogens (tertiary/aromatic N) is 2. The molecule has 1 atom stereocenters. The molecule has 1 aliphatic carbocycles. The molecule has 1 aromatic heterocycles. The van der Waals surface area contributed by atoms with Crippen LogP contribution in [0.4, 0.5) is 9.52 Å². The lowest BCUT2D eigenvalue weighted by Crippen LogP contribution is -2.09. The maximum Gasteiger partial charge on any atom is 0.203 e. The molecule has 0 fully saturated rings. The van der Waals surface area contributed by atoms with Crippen molar-refractivity contribution in [3.63, 3.8) is 0 Å². The molecule has 0 radical (unpaired) electrons. The molecule has 1 aliphatic rings. The van der Waals surface area contributed by atoms with Gasteiger partial charge in [0, 0.05) is 4.88 Å². The van der Waals surface area contributed by atoms with E-state index in [1.807, 2.05) is 0 Å². The SMILES string of the molecule is CC1CCc2nc(N/N=C\c3ccc(F)cc3)sc2C1. The number of benzene rings is 1. The van der Waals surface area contributed by atoms with Crippen molar-refractivity contribution in [2.45, 2.75) is 26.2 Å². The number of nitrogens with one attached hydrogen (secondary N) is 1. The molecule has 0 saturated heterocycles. The molecule has 20 heavy (non-hydrogen) atoms. The van der Waals surface area contributed by atoms with E-state index < -0.39 is 0 Å². The van der Waals surface area contributed by atoms with Crippen molar-refractivity contribution in [3.8, 4) is 0 Å². The zero-order valence-corrected chi connectivity index (χ0v) is 12.1. The Morgan fingerprint density at radius 2 is 2.20 bits per heavy atom. The topological polar surface area (TPSA) is 37.3 Å². The van der Waals surface area contributed by atoms with Gasteiger partial charge in [-0.25, -0.2) is 9.37 Å². The van der Waals surface area contributed by atoms with E-state index in [4.69, 9.17) is 0 Å². The highest BCUT2D eigenvalue weighted by molar-refractivity contribution is 7.15. The summed E-state index contributed by atoms with van der Waals surface area (Å²) in [6, 6.07) is 6.22. The first-order valence-corrected chi connectivity index (χ1v) is 7.55. The van der Waals surface area contributed by atoms with Gasteiger partial charge in [-0.15, -0.1) is 11.3 Å². The monoisotopic (exact) mass is 289 g/mol. The third-order valence-corrected chi connectivity index (χ3v) is 4.45. The summed E-state index contributed by atoms with van der Waals surface area (Å²) in [5, 5.41) is 4.99. The first-order chi connectivity index (χ1) is 9.70. The Kier molecular flexibility index (Phi) is 3.78. The zero-order chi connectivity index (χ0) is 13.9. The molecule has 3 nitrogen and oxygen atoms in total. The number of thiazole rings is 1. The van der Waals surface area contributed by atoms with E-state index in [1.165, 1.54) is 29.1 Å². The predicted molar refractivity (Wildman–Crippen MR) is 80.9 cm³/mol. The Morgan fingerprint density at radius 1 is 1.40 bits per heavy atom. The van der Waals surface area contributed by atoms with E-state index >= 15 is 0 Å². The Hall–Kier alpha value is -1.75. The van der Waals surface area contributed by atoms with Crippen molar-refractivity contribution in [2.75, 3.05) is 5.43 Å². The van der Waals surface area contributed by atoms with Crippen LogP contribution in [0.15, 0.2) is 29.4 Å². The molecule has 1 N–H and O–H groups in total.